The van der Waals surface area contributed by atoms with E-state index in [2.05, 4.69) is 10.1 Å². The second-order valence-electron chi connectivity index (χ2n) is 9.00. The molecule has 0 aliphatic heterocycles. The number of aromatic nitrogens is 3. The Labute approximate surface area is 197 Å². The first kappa shape index (κ1) is 22.4. The van der Waals surface area contributed by atoms with Crippen molar-refractivity contribution in [1.29, 1.82) is 0 Å². The van der Waals surface area contributed by atoms with E-state index in [0.29, 0.717) is 36.4 Å². The maximum absolute atomic E-state index is 14.6. The van der Waals surface area contributed by atoms with Crippen molar-refractivity contribution in [2.24, 2.45) is 5.92 Å². The van der Waals surface area contributed by atoms with Crippen LogP contribution in [0.5, 0.6) is 11.6 Å². The number of carbonyl (C=O) groups is 1. The molecule has 0 spiro atoms. The number of methoxy groups -OCH3 is 2. The van der Waals surface area contributed by atoms with Crippen LogP contribution in [-0.4, -0.2) is 35.0 Å². The van der Waals surface area contributed by atoms with Gasteiger partial charge in [0.05, 0.1) is 38.7 Å². The minimum Gasteiger partial charge on any atom is -0.489 e. The third-order valence-corrected chi connectivity index (χ3v) is 6.58. The monoisotopic (exact) mass is 465 g/mol. The molecule has 2 aliphatic carbocycles. The van der Waals surface area contributed by atoms with Gasteiger partial charge in [0.15, 0.2) is 5.82 Å². The topological polar surface area (TPSA) is 75.5 Å². The zero-order valence-corrected chi connectivity index (χ0v) is 19.4. The molecule has 2 aromatic heterocycles. The fourth-order valence-electron chi connectivity index (χ4n) is 4.48. The van der Waals surface area contributed by atoms with E-state index in [4.69, 9.17) is 14.2 Å². The van der Waals surface area contributed by atoms with Gasteiger partial charge in [0.25, 0.3) is 0 Å². The van der Waals surface area contributed by atoms with Crippen molar-refractivity contribution >= 4 is 5.97 Å². The Bertz CT molecular complexity index is 1190. The van der Waals surface area contributed by atoms with E-state index in [9.17, 15) is 9.18 Å². The van der Waals surface area contributed by atoms with Crippen LogP contribution in [0.4, 0.5) is 4.39 Å². The molecule has 8 heteroatoms. The summed E-state index contributed by atoms with van der Waals surface area (Å²) in [5, 5.41) is 4.48. The van der Waals surface area contributed by atoms with E-state index in [1.807, 2.05) is 24.3 Å². The van der Waals surface area contributed by atoms with Gasteiger partial charge >= 0.3 is 5.97 Å². The fourth-order valence-corrected chi connectivity index (χ4v) is 4.48. The first-order chi connectivity index (χ1) is 16.6. The molecule has 2 fully saturated rings. The van der Waals surface area contributed by atoms with Gasteiger partial charge in [-0.15, -0.1) is 0 Å². The molecular formula is C26H28FN3O4. The second kappa shape index (κ2) is 9.44. The Morgan fingerprint density at radius 2 is 2.00 bits per heavy atom. The first-order valence-electron chi connectivity index (χ1n) is 11.6. The normalized spacial score (nSPS) is 16.2. The Kier molecular flexibility index (Phi) is 6.22. The number of benzene rings is 1. The van der Waals surface area contributed by atoms with Gasteiger partial charge in [0.2, 0.25) is 5.88 Å². The quantitative estimate of drug-likeness (QED) is 0.395. The molecule has 0 amide bonds. The number of nitrogens with zero attached hydrogens (tertiary/aromatic N) is 3. The van der Waals surface area contributed by atoms with Gasteiger partial charge in [0, 0.05) is 17.5 Å². The van der Waals surface area contributed by atoms with Crippen molar-refractivity contribution < 1.29 is 23.4 Å². The summed E-state index contributed by atoms with van der Waals surface area (Å²) < 4.78 is 32.5. The van der Waals surface area contributed by atoms with Gasteiger partial charge in [0.1, 0.15) is 18.0 Å². The molecule has 2 aliphatic rings. The van der Waals surface area contributed by atoms with E-state index in [0.717, 1.165) is 54.5 Å². The number of hydrogen-bond donors (Lipinski definition) is 0. The number of ether oxygens (including phenoxy) is 3. The molecule has 2 saturated carbocycles. The van der Waals surface area contributed by atoms with E-state index in [1.165, 1.54) is 14.2 Å². The summed E-state index contributed by atoms with van der Waals surface area (Å²) in [6.45, 7) is 0.324. The molecule has 0 bridgehead atoms. The van der Waals surface area contributed by atoms with Crippen molar-refractivity contribution in [3.05, 3.63) is 65.4 Å². The van der Waals surface area contributed by atoms with Crippen LogP contribution in [0.1, 0.15) is 60.8 Å². The lowest BCUT2D eigenvalue weighted by Crippen LogP contribution is -2.10. The molecule has 3 aromatic rings. The van der Waals surface area contributed by atoms with E-state index in [1.54, 1.807) is 16.9 Å². The van der Waals surface area contributed by atoms with Gasteiger partial charge in [-0.3, -0.25) is 4.79 Å². The number of carbonyl (C=O) groups excluding carboxylic acids is 1. The predicted octanol–water partition coefficient (Wildman–Crippen LogP) is 4.93. The summed E-state index contributed by atoms with van der Waals surface area (Å²) in [4.78, 5) is 15.8. The Morgan fingerprint density at radius 1 is 1.18 bits per heavy atom. The summed E-state index contributed by atoms with van der Waals surface area (Å²) in [5.74, 6) is 1.41. The lowest BCUT2D eigenvalue weighted by Gasteiger charge is -2.17. The van der Waals surface area contributed by atoms with Crippen LogP contribution in [0.2, 0.25) is 0 Å². The summed E-state index contributed by atoms with van der Waals surface area (Å²) in [6.07, 6.45) is 7.61. The SMILES string of the molecule is COC(=O)C[C@H](c1cccc(OCc2cnn(-c3cc(OC)ncc3F)c2C2CC2)c1)C1CC1. The molecule has 34 heavy (non-hydrogen) atoms. The van der Waals surface area contributed by atoms with Crippen molar-refractivity contribution in [3.8, 4) is 17.3 Å². The summed E-state index contributed by atoms with van der Waals surface area (Å²) in [6, 6.07) is 9.50. The zero-order valence-electron chi connectivity index (χ0n) is 19.4. The number of esters is 1. The third kappa shape index (κ3) is 4.76. The Morgan fingerprint density at radius 3 is 2.71 bits per heavy atom. The lowest BCUT2D eigenvalue weighted by atomic mass is 9.91. The largest absolute Gasteiger partial charge is 0.489 e. The average Bonchev–Trinajstić information content (AvgIpc) is 3.80. The molecule has 0 saturated heterocycles. The van der Waals surface area contributed by atoms with E-state index >= 15 is 0 Å². The van der Waals surface area contributed by atoms with Gasteiger partial charge in [-0.2, -0.15) is 5.10 Å². The van der Waals surface area contributed by atoms with Gasteiger partial charge in [-0.05, 0) is 55.2 Å². The number of rotatable bonds is 10. The number of pyridine rings is 1. The highest BCUT2D eigenvalue weighted by Crippen LogP contribution is 2.45. The summed E-state index contributed by atoms with van der Waals surface area (Å²) in [7, 11) is 2.93. The minimum atomic E-state index is -0.456. The summed E-state index contributed by atoms with van der Waals surface area (Å²) in [5.41, 5.74) is 3.30. The molecule has 0 unspecified atom stereocenters. The highest BCUT2D eigenvalue weighted by molar-refractivity contribution is 5.70. The van der Waals surface area contributed by atoms with Crippen LogP contribution in [0.15, 0.2) is 42.7 Å². The predicted molar refractivity (Wildman–Crippen MR) is 123 cm³/mol. The van der Waals surface area contributed by atoms with Crippen LogP contribution in [0, 0.1) is 11.7 Å². The van der Waals surface area contributed by atoms with Gasteiger partial charge < -0.3 is 14.2 Å². The first-order valence-corrected chi connectivity index (χ1v) is 11.6. The molecule has 178 valence electrons. The molecule has 1 aromatic carbocycles. The second-order valence-corrected chi connectivity index (χ2v) is 9.00. The standard InChI is InChI=1S/C26H28FN3O4/c1-32-24-12-23(22(27)14-28-24)30-26(17-8-9-17)19(13-29-30)15-34-20-5-3-4-18(10-20)21(16-6-7-16)11-25(31)33-2/h3-5,10,12-14,16-17,21H,6-9,11,15H2,1-2H3/t21-/m0/s1. The third-order valence-electron chi connectivity index (χ3n) is 6.58. The van der Waals surface area contributed by atoms with Gasteiger partial charge in [-0.1, -0.05) is 12.1 Å². The minimum absolute atomic E-state index is 0.144. The molecule has 0 radical (unpaired) electrons. The maximum atomic E-state index is 14.6. The fraction of sp³-hybridized carbons (Fsp3) is 0.423. The van der Waals surface area contributed by atoms with Crippen molar-refractivity contribution in [3.63, 3.8) is 0 Å². The Balaban J connectivity index is 1.36. The molecule has 7 nitrogen and oxygen atoms in total. The lowest BCUT2D eigenvalue weighted by molar-refractivity contribution is -0.141. The number of halogens is 1. The average molecular weight is 466 g/mol. The van der Waals surface area contributed by atoms with Crippen LogP contribution < -0.4 is 9.47 Å². The zero-order chi connectivity index (χ0) is 23.7. The number of hydrogen-bond acceptors (Lipinski definition) is 6. The smallest absolute Gasteiger partial charge is 0.306 e. The molecule has 2 heterocycles. The van der Waals surface area contributed by atoms with Crippen LogP contribution in [-0.2, 0) is 16.1 Å². The maximum Gasteiger partial charge on any atom is 0.306 e. The van der Waals surface area contributed by atoms with Crippen molar-refractivity contribution in [2.75, 3.05) is 14.2 Å². The van der Waals surface area contributed by atoms with Crippen LogP contribution in [0.25, 0.3) is 5.69 Å². The van der Waals surface area contributed by atoms with E-state index in [-0.39, 0.29) is 11.9 Å². The molecule has 5 rings (SSSR count). The van der Waals surface area contributed by atoms with Crippen molar-refractivity contribution in [2.45, 2.75) is 50.5 Å². The molecule has 0 N–H and O–H groups in total. The summed E-state index contributed by atoms with van der Waals surface area (Å²) >= 11 is 0. The van der Waals surface area contributed by atoms with Crippen LogP contribution in [0.3, 0.4) is 0 Å². The Hall–Kier alpha value is -3.42. The highest BCUT2D eigenvalue weighted by Gasteiger charge is 2.34. The van der Waals surface area contributed by atoms with Crippen LogP contribution >= 0.6 is 0 Å². The van der Waals surface area contributed by atoms with Gasteiger partial charge in [-0.25, -0.2) is 14.1 Å². The molecular weight excluding hydrogens is 437 g/mol. The molecule has 1 atom stereocenters. The highest BCUT2D eigenvalue weighted by atomic mass is 19.1. The van der Waals surface area contributed by atoms with E-state index < -0.39 is 5.82 Å². The van der Waals surface area contributed by atoms with Crippen molar-refractivity contribution in [1.82, 2.24) is 14.8 Å².